The quantitative estimate of drug-likeness (QED) is 0.724. The molecule has 1 aliphatic carbocycles. The number of hydrogen-bond acceptors (Lipinski definition) is 3. The van der Waals surface area contributed by atoms with Crippen molar-refractivity contribution < 1.29 is 9.53 Å². The van der Waals surface area contributed by atoms with E-state index >= 15 is 0 Å². The van der Waals surface area contributed by atoms with Crippen molar-refractivity contribution in [3.8, 4) is 5.75 Å². The first-order valence-electron chi connectivity index (χ1n) is 11.8. The van der Waals surface area contributed by atoms with Crippen LogP contribution in [0.1, 0.15) is 58.9 Å². The van der Waals surface area contributed by atoms with Crippen LogP contribution in [0.2, 0.25) is 0 Å². The van der Waals surface area contributed by atoms with Gasteiger partial charge in [0, 0.05) is 37.6 Å². The maximum atomic E-state index is 13.0. The minimum atomic E-state index is -0.0915. The number of nitrogens with one attached hydrogen (secondary N) is 1. The summed E-state index contributed by atoms with van der Waals surface area (Å²) in [6, 6.07) is 9.27. The zero-order valence-corrected chi connectivity index (χ0v) is 19.2. The zero-order valence-electron chi connectivity index (χ0n) is 19.2. The number of amides is 2. The second-order valence-electron chi connectivity index (χ2n) is 10.6. The molecule has 2 amide bonds. The highest BCUT2D eigenvalue weighted by atomic mass is 16.5. The van der Waals surface area contributed by atoms with Crippen LogP contribution in [-0.2, 0) is 6.42 Å². The molecule has 0 aromatic heterocycles. The summed E-state index contributed by atoms with van der Waals surface area (Å²) in [5.74, 6) is 1.45. The van der Waals surface area contributed by atoms with Crippen LogP contribution >= 0.6 is 0 Å². The van der Waals surface area contributed by atoms with E-state index in [1.807, 2.05) is 0 Å². The molecule has 30 heavy (non-hydrogen) atoms. The van der Waals surface area contributed by atoms with Crippen LogP contribution in [0.3, 0.4) is 0 Å². The van der Waals surface area contributed by atoms with Crippen LogP contribution in [0.4, 0.5) is 4.79 Å². The monoisotopic (exact) mass is 413 g/mol. The summed E-state index contributed by atoms with van der Waals surface area (Å²) in [7, 11) is 0. The largest absolute Gasteiger partial charge is 0.493 e. The van der Waals surface area contributed by atoms with E-state index in [-0.39, 0.29) is 11.6 Å². The van der Waals surface area contributed by atoms with Crippen molar-refractivity contribution >= 4 is 6.03 Å². The molecule has 0 radical (unpaired) electrons. The molecule has 1 spiro atoms. The summed E-state index contributed by atoms with van der Waals surface area (Å²) in [4.78, 5) is 17.8. The molecule has 4 rings (SSSR count). The molecular weight excluding hydrogens is 374 g/mol. The molecule has 0 bridgehead atoms. The first-order valence-corrected chi connectivity index (χ1v) is 11.8. The average molecular weight is 414 g/mol. The lowest BCUT2D eigenvalue weighted by Crippen LogP contribution is -2.65. The molecule has 5 nitrogen and oxygen atoms in total. The van der Waals surface area contributed by atoms with Gasteiger partial charge in [0.25, 0.3) is 0 Å². The lowest BCUT2D eigenvalue weighted by atomic mass is 9.78. The minimum Gasteiger partial charge on any atom is -0.493 e. The fourth-order valence-electron chi connectivity index (χ4n) is 5.06. The highest BCUT2D eigenvalue weighted by molar-refractivity contribution is 5.76. The highest BCUT2D eigenvalue weighted by Gasteiger charge is 2.53. The molecule has 166 valence electrons. The van der Waals surface area contributed by atoms with Crippen LogP contribution in [0.25, 0.3) is 0 Å². The predicted octanol–water partition coefficient (Wildman–Crippen LogP) is 4.31. The number of piperidine rings is 1. The van der Waals surface area contributed by atoms with Crippen LogP contribution < -0.4 is 10.1 Å². The number of benzene rings is 1. The molecule has 1 aromatic rings. The summed E-state index contributed by atoms with van der Waals surface area (Å²) >= 11 is 0. The van der Waals surface area contributed by atoms with Crippen molar-refractivity contribution in [2.75, 3.05) is 32.8 Å². The van der Waals surface area contributed by atoms with Gasteiger partial charge in [-0.05, 0) is 69.6 Å². The van der Waals surface area contributed by atoms with Gasteiger partial charge in [-0.3, -0.25) is 0 Å². The number of rotatable bonds is 7. The Morgan fingerprint density at radius 1 is 1.03 bits per heavy atom. The van der Waals surface area contributed by atoms with E-state index in [1.165, 1.54) is 18.4 Å². The fourth-order valence-corrected chi connectivity index (χ4v) is 5.06. The molecule has 5 heteroatoms. The van der Waals surface area contributed by atoms with Gasteiger partial charge in [0.2, 0.25) is 0 Å². The molecule has 2 saturated heterocycles. The van der Waals surface area contributed by atoms with Crippen LogP contribution in [0.5, 0.6) is 5.75 Å². The van der Waals surface area contributed by atoms with Gasteiger partial charge >= 0.3 is 6.03 Å². The summed E-state index contributed by atoms with van der Waals surface area (Å²) in [6.45, 7) is 13.5. The third kappa shape index (κ3) is 4.61. The summed E-state index contributed by atoms with van der Waals surface area (Å²) in [6.07, 6.45) is 5.51. The van der Waals surface area contributed by atoms with Gasteiger partial charge in [0.1, 0.15) is 5.75 Å². The van der Waals surface area contributed by atoms with E-state index in [1.54, 1.807) is 0 Å². The molecule has 3 fully saturated rings. The molecule has 0 atom stereocenters. The van der Waals surface area contributed by atoms with E-state index in [0.717, 1.165) is 57.8 Å². The standard InChI is InChI=1S/C25H39N3O2/c1-19(2)16-30-22-7-5-21(6-8-22)15-25(11-13-27(14-12-25)20(3)4)28-18-24(9-10-24)17-26-23(28)29/h5-8,19-20H,9-18H2,1-4H3,(H,26,29). The number of carbonyl (C=O) groups excluding carboxylic acids is 1. The predicted molar refractivity (Wildman–Crippen MR) is 121 cm³/mol. The fraction of sp³-hybridized carbons (Fsp3) is 0.720. The van der Waals surface area contributed by atoms with Gasteiger partial charge in [-0.2, -0.15) is 0 Å². The number of ether oxygens (including phenoxy) is 1. The molecule has 2 aliphatic heterocycles. The smallest absolute Gasteiger partial charge is 0.317 e. The third-order valence-electron chi connectivity index (χ3n) is 7.38. The summed E-state index contributed by atoms with van der Waals surface area (Å²) in [5, 5.41) is 3.22. The second kappa shape index (κ2) is 8.41. The Labute approximate surface area is 182 Å². The molecule has 1 saturated carbocycles. The van der Waals surface area contributed by atoms with E-state index in [2.05, 4.69) is 67.1 Å². The Kier molecular flexibility index (Phi) is 6.02. The molecular formula is C25H39N3O2. The van der Waals surface area contributed by atoms with E-state index < -0.39 is 0 Å². The lowest BCUT2D eigenvalue weighted by Gasteiger charge is -2.52. The van der Waals surface area contributed by atoms with Crippen molar-refractivity contribution in [3.05, 3.63) is 29.8 Å². The Bertz CT molecular complexity index is 731. The van der Waals surface area contributed by atoms with Crippen molar-refractivity contribution in [3.63, 3.8) is 0 Å². The molecule has 0 unspecified atom stereocenters. The molecule has 1 N–H and O–H groups in total. The number of nitrogens with zero attached hydrogens (tertiary/aromatic N) is 2. The van der Waals surface area contributed by atoms with E-state index in [4.69, 9.17) is 4.74 Å². The Morgan fingerprint density at radius 2 is 1.70 bits per heavy atom. The SMILES string of the molecule is CC(C)COc1ccc(CC2(N3CC4(CC4)CNC3=O)CCN(C(C)C)CC2)cc1. The first-order chi connectivity index (χ1) is 14.3. The highest BCUT2D eigenvalue weighted by Crippen LogP contribution is 2.49. The van der Waals surface area contributed by atoms with Crippen LogP contribution in [0, 0.1) is 11.3 Å². The number of likely N-dealkylation sites (tertiary alicyclic amines) is 1. The minimum absolute atomic E-state index is 0.0915. The zero-order chi connectivity index (χ0) is 21.4. The Hall–Kier alpha value is -1.75. The topological polar surface area (TPSA) is 44.8 Å². The Balaban J connectivity index is 1.53. The maximum absolute atomic E-state index is 13.0. The maximum Gasteiger partial charge on any atom is 0.317 e. The normalized spacial score (nSPS) is 23.1. The van der Waals surface area contributed by atoms with Crippen molar-refractivity contribution in [2.45, 2.75) is 71.4 Å². The van der Waals surface area contributed by atoms with Gasteiger partial charge in [-0.15, -0.1) is 0 Å². The van der Waals surface area contributed by atoms with Crippen molar-refractivity contribution in [1.82, 2.24) is 15.1 Å². The molecule has 2 heterocycles. The lowest BCUT2D eigenvalue weighted by molar-refractivity contribution is 0.0156. The van der Waals surface area contributed by atoms with Gasteiger partial charge < -0.3 is 19.9 Å². The second-order valence-corrected chi connectivity index (χ2v) is 10.6. The van der Waals surface area contributed by atoms with Gasteiger partial charge in [0.05, 0.1) is 12.1 Å². The van der Waals surface area contributed by atoms with Crippen LogP contribution in [0.15, 0.2) is 24.3 Å². The molecule has 3 aliphatic rings. The Morgan fingerprint density at radius 3 is 2.27 bits per heavy atom. The van der Waals surface area contributed by atoms with Gasteiger partial charge in [-0.1, -0.05) is 26.0 Å². The van der Waals surface area contributed by atoms with Crippen molar-refractivity contribution in [1.29, 1.82) is 0 Å². The summed E-state index contributed by atoms with van der Waals surface area (Å²) < 4.78 is 5.87. The number of hydrogen-bond donors (Lipinski definition) is 1. The van der Waals surface area contributed by atoms with E-state index in [0.29, 0.717) is 17.4 Å². The average Bonchev–Trinajstić information content (AvgIpc) is 3.49. The van der Waals surface area contributed by atoms with Gasteiger partial charge in [-0.25, -0.2) is 4.79 Å². The third-order valence-corrected chi connectivity index (χ3v) is 7.38. The van der Waals surface area contributed by atoms with E-state index in [9.17, 15) is 4.79 Å². The van der Waals surface area contributed by atoms with Crippen molar-refractivity contribution in [2.24, 2.45) is 11.3 Å². The molecule has 1 aromatic carbocycles. The van der Waals surface area contributed by atoms with Gasteiger partial charge in [0.15, 0.2) is 0 Å². The first kappa shape index (κ1) is 21.5. The number of carbonyl (C=O) groups is 1. The summed E-state index contributed by atoms with van der Waals surface area (Å²) in [5.41, 5.74) is 1.55. The number of urea groups is 1. The van der Waals surface area contributed by atoms with Crippen LogP contribution in [-0.4, -0.2) is 60.2 Å².